The average molecular weight is 466 g/mol. The van der Waals surface area contributed by atoms with Crippen molar-refractivity contribution in [3.8, 4) is 0 Å². The number of methoxy groups -OCH3 is 1. The van der Waals surface area contributed by atoms with Gasteiger partial charge in [0.15, 0.2) is 0 Å². The van der Waals surface area contributed by atoms with Gasteiger partial charge in [0.05, 0.1) is 18.1 Å². The molecule has 0 spiro atoms. The van der Waals surface area contributed by atoms with Crippen molar-refractivity contribution in [2.24, 2.45) is 10.9 Å². The molecule has 0 saturated heterocycles. The molecule has 6 heteroatoms. The lowest BCUT2D eigenvalue weighted by atomic mass is 9.66. The summed E-state index contributed by atoms with van der Waals surface area (Å²) in [5, 5.41) is 0.670. The predicted molar refractivity (Wildman–Crippen MR) is 129 cm³/mol. The van der Waals surface area contributed by atoms with Crippen LogP contribution in [0.4, 0.5) is 0 Å². The third-order valence-corrected chi connectivity index (χ3v) is 6.72. The van der Waals surface area contributed by atoms with Gasteiger partial charge in [-0.3, -0.25) is 9.79 Å². The molecule has 172 valence electrons. The van der Waals surface area contributed by atoms with Crippen molar-refractivity contribution in [3.05, 3.63) is 81.5 Å². The molecule has 1 aliphatic heterocycles. The number of aryl methyl sites for hydroxylation is 1. The van der Waals surface area contributed by atoms with E-state index in [9.17, 15) is 9.59 Å². The molecule has 1 aliphatic carbocycles. The minimum Gasteiger partial charge on any atom is -0.460 e. The molecule has 3 atom stereocenters. The van der Waals surface area contributed by atoms with E-state index in [0.29, 0.717) is 35.7 Å². The van der Waals surface area contributed by atoms with Crippen LogP contribution in [0.25, 0.3) is 0 Å². The quantitative estimate of drug-likeness (QED) is 0.422. The normalized spacial score (nSPS) is 22.6. The van der Waals surface area contributed by atoms with Crippen LogP contribution in [0.3, 0.4) is 0 Å². The molecule has 1 heterocycles. The molecule has 1 fully saturated rings. The summed E-state index contributed by atoms with van der Waals surface area (Å²) in [6, 6.07) is 15.7. The molecule has 0 radical (unpaired) electrons. The molecule has 2 aliphatic rings. The highest BCUT2D eigenvalue weighted by Gasteiger charge is 2.46. The number of esters is 1. The Labute approximate surface area is 199 Å². The van der Waals surface area contributed by atoms with Crippen LogP contribution in [0.2, 0.25) is 5.02 Å². The Bertz CT molecular complexity index is 1100. The van der Waals surface area contributed by atoms with E-state index < -0.39 is 17.8 Å². The topological polar surface area (TPSA) is 65.0 Å². The highest BCUT2D eigenvalue weighted by Crippen LogP contribution is 2.46. The van der Waals surface area contributed by atoms with Gasteiger partial charge in [-0.15, -0.1) is 0 Å². The number of halogens is 1. The zero-order valence-electron chi connectivity index (χ0n) is 19.1. The molecule has 33 heavy (non-hydrogen) atoms. The number of hydrogen-bond acceptors (Lipinski definition) is 5. The summed E-state index contributed by atoms with van der Waals surface area (Å²) in [7, 11) is 1.56. The zero-order valence-corrected chi connectivity index (χ0v) is 19.9. The molecule has 5 nitrogen and oxygen atoms in total. The standard InChI is InChI=1S/C27H28ClNO4/c1-16-4-6-19(7-5-16)25-24(27(31)33-13-12-32-3)17(2)29-22-14-20(15-23(30)26(22)25)18-8-10-21(28)11-9-18/h4-11,20,25-26H,12-15H2,1-3H3/t20-,25-,26?/m0/s1. The summed E-state index contributed by atoms with van der Waals surface area (Å²) in [5.74, 6) is -1.17. The maximum absolute atomic E-state index is 13.6. The van der Waals surface area contributed by atoms with Crippen molar-refractivity contribution in [1.29, 1.82) is 0 Å². The number of hydrogen-bond donors (Lipinski definition) is 0. The summed E-state index contributed by atoms with van der Waals surface area (Å²) in [6.07, 6.45) is 1.07. The van der Waals surface area contributed by atoms with E-state index >= 15 is 0 Å². The second kappa shape index (κ2) is 10.0. The van der Waals surface area contributed by atoms with Crippen molar-refractivity contribution in [3.63, 3.8) is 0 Å². The Hall–Kier alpha value is -2.76. The first-order valence-electron chi connectivity index (χ1n) is 11.2. The number of benzene rings is 2. The van der Waals surface area contributed by atoms with E-state index in [1.165, 1.54) is 0 Å². The third kappa shape index (κ3) is 4.94. The number of fused-ring (bicyclic) bond motifs is 1. The van der Waals surface area contributed by atoms with E-state index in [2.05, 4.69) is 0 Å². The van der Waals surface area contributed by atoms with Crippen molar-refractivity contribution < 1.29 is 19.1 Å². The van der Waals surface area contributed by atoms with E-state index in [1.54, 1.807) is 7.11 Å². The number of nitrogens with zero attached hydrogens (tertiary/aromatic N) is 1. The smallest absolute Gasteiger partial charge is 0.336 e. The number of aliphatic imine (C=N–C) groups is 1. The van der Waals surface area contributed by atoms with Gasteiger partial charge < -0.3 is 9.47 Å². The molecule has 0 bridgehead atoms. The van der Waals surface area contributed by atoms with E-state index in [4.69, 9.17) is 26.1 Å². The molecule has 0 amide bonds. The third-order valence-electron chi connectivity index (χ3n) is 6.47. The molecule has 2 aromatic rings. The fraction of sp³-hybridized carbons (Fsp3) is 0.370. The SMILES string of the molecule is COCCOC(=O)C1=C(C)N=C2C[C@H](c3ccc(Cl)cc3)CC(=O)C2[C@H]1c1ccc(C)cc1. The average Bonchev–Trinajstić information content (AvgIpc) is 2.79. The first kappa shape index (κ1) is 23.4. The number of ether oxygens (including phenoxy) is 2. The zero-order chi connectivity index (χ0) is 23.5. The Kier molecular flexibility index (Phi) is 7.11. The highest BCUT2D eigenvalue weighted by atomic mass is 35.5. The largest absolute Gasteiger partial charge is 0.460 e. The lowest BCUT2D eigenvalue weighted by Gasteiger charge is -2.38. The van der Waals surface area contributed by atoms with Gasteiger partial charge in [-0.2, -0.15) is 0 Å². The summed E-state index contributed by atoms with van der Waals surface area (Å²) < 4.78 is 10.5. The molecule has 0 N–H and O–H groups in total. The minimum atomic E-state index is -0.468. The molecule has 2 aromatic carbocycles. The Morgan fingerprint density at radius 2 is 1.64 bits per heavy atom. The number of allylic oxidation sites excluding steroid dienone is 1. The summed E-state index contributed by atoms with van der Waals surface area (Å²) >= 11 is 6.05. The highest BCUT2D eigenvalue weighted by molar-refractivity contribution is 6.30. The summed E-state index contributed by atoms with van der Waals surface area (Å²) in [6.45, 7) is 4.31. The fourth-order valence-electron chi connectivity index (χ4n) is 4.84. The van der Waals surface area contributed by atoms with E-state index in [-0.39, 0.29) is 18.3 Å². The monoisotopic (exact) mass is 465 g/mol. The van der Waals surface area contributed by atoms with Gasteiger partial charge in [0, 0.05) is 35.9 Å². The first-order chi connectivity index (χ1) is 15.9. The van der Waals surface area contributed by atoms with Crippen molar-refractivity contribution >= 4 is 29.1 Å². The van der Waals surface area contributed by atoms with Crippen LogP contribution in [0.1, 0.15) is 48.3 Å². The number of ketones is 1. The van der Waals surface area contributed by atoms with Crippen LogP contribution in [0, 0.1) is 12.8 Å². The van der Waals surface area contributed by atoms with Crippen LogP contribution in [-0.2, 0) is 19.1 Å². The van der Waals surface area contributed by atoms with E-state index in [0.717, 1.165) is 22.4 Å². The van der Waals surface area contributed by atoms with Gasteiger partial charge in [0.25, 0.3) is 0 Å². The van der Waals surface area contributed by atoms with Crippen molar-refractivity contribution in [2.45, 2.75) is 38.5 Å². The fourth-order valence-corrected chi connectivity index (χ4v) is 4.97. The maximum atomic E-state index is 13.6. The molecular weight excluding hydrogens is 438 g/mol. The van der Waals surface area contributed by atoms with Gasteiger partial charge in [-0.25, -0.2) is 4.79 Å². The summed E-state index contributed by atoms with van der Waals surface area (Å²) in [5.41, 5.74) is 5.02. The van der Waals surface area contributed by atoms with Crippen LogP contribution >= 0.6 is 11.6 Å². The van der Waals surface area contributed by atoms with Gasteiger partial charge in [0.2, 0.25) is 0 Å². The Morgan fingerprint density at radius 1 is 0.970 bits per heavy atom. The second-order valence-electron chi connectivity index (χ2n) is 8.72. The predicted octanol–water partition coefficient (Wildman–Crippen LogP) is 5.41. The lowest BCUT2D eigenvalue weighted by Crippen LogP contribution is -2.41. The van der Waals surface area contributed by atoms with Crippen molar-refractivity contribution in [2.75, 3.05) is 20.3 Å². The first-order valence-corrected chi connectivity index (χ1v) is 11.6. The lowest BCUT2D eigenvalue weighted by molar-refractivity contribution is -0.140. The molecule has 0 aromatic heterocycles. The second-order valence-corrected chi connectivity index (χ2v) is 9.16. The van der Waals surface area contributed by atoms with Crippen LogP contribution in [0.5, 0.6) is 0 Å². The molecule has 4 rings (SSSR count). The van der Waals surface area contributed by atoms with Crippen LogP contribution < -0.4 is 0 Å². The van der Waals surface area contributed by atoms with Gasteiger partial charge >= 0.3 is 5.97 Å². The van der Waals surface area contributed by atoms with Gasteiger partial charge in [0.1, 0.15) is 12.4 Å². The van der Waals surface area contributed by atoms with Gasteiger partial charge in [-0.05, 0) is 49.4 Å². The number of carbonyl (C=O) groups excluding carboxylic acids is 2. The van der Waals surface area contributed by atoms with Crippen molar-refractivity contribution in [1.82, 2.24) is 0 Å². The number of carbonyl (C=O) groups is 2. The number of rotatable bonds is 6. The van der Waals surface area contributed by atoms with Crippen LogP contribution in [-0.4, -0.2) is 37.8 Å². The minimum absolute atomic E-state index is 0.0476. The molecule has 1 unspecified atom stereocenters. The summed E-state index contributed by atoms with van der Waals surface area (Å²) in [4.78, 5) is 31.5. The maximum Gasteiger partial charge on any atom is 0.336 e. The van der Waals surface area contributed by atoms with E-state index in [1.807, 2.05) is 62.4 Å². The van der Waals surface area contributed by atoms with Crippen LogP contribution in [0.15, 0.2) is 64.8 Å². The molecular formula is C27H28ClNO4. The Balaban J connectivity index is 1.73. The van der Waals surface area contributed by atoms with Gasteiger partial charge in [-0.1, -0.05) is 53.6 Å². The number of Topliss-reactive ketones (excluding diaryl/α,β-unsaturated/α-hetero) is 1. The molecule has 1 saturated carbocycles. The Morgan fingerprint density at radius 3 is 2.30 bits per heavy atom.